The quantitative estimate of drug-likeness (QED) is 0.714. The lowest BCUT2D eigenvalue weighted by Gasteiger charge is -2.34. The van der Waals surface area contributed by atoms with E-state index in [0.717, 1.165) is 45.2 Å². The number of piperidine rings is 1. The highest BCUT2D eigenvalue weighted by Gasteiger charge is 2.40. The van der Waals surface area contributed by atoms with Crippen molar-refractivity contribution < 1.29 is 14.7 Å². The summed E-state index contributed by atoms with van der Waals surface area (Å²) in [5.41, 5.74) is -0.721. The molecule has 5 heteroatoms. The third-order valence-electron chi connectivity index (χ3n) is 4.58. The van der Waals surface area contributed by atoms with Gasteiger partial charge in [-0.1, -0.05) is 19.3 Å². The van der Waals surface area contributed by atoms with Gasteiger partial charge in [0.05, 0.1) is 5.41 Å². The zero-order valence-electron chi connectivity index (χ0n) is 11.4. The highest BCUT2D eigenvalue weighted by molar-refractivity contribution is 5.80. The summed E-state index contributed by atoms with van der Waals surface area (Å²) in [6.07, 6.45) is 6.10. The van der Waals surface area contributed by atoms with Gasteiger partial charge in [-0.05, 0) is 38.8 Å². The van der Waals surface area contributed by atoms with Crippen molar-refractivity contribution in [2.24, 2.45) is 11.3 Å². The smallest absolute Gasteiger partial charge is 0.311 e. The van der Waals surface area contributed by atoms with E-state index in [1.54, 1.807) is 0 Å². The van der Waals surface area contributed by atoms with Crippen LogP contribution in [0.1, 0.15) is 44.9 Å². The number of carboxylic acids is 1. The van der Waals surface area contributed by atoms with Crippen LogP contribution in [0.2, 0.25) is 0 Å². The minimum atomic E-state index is -0.752. The van der Waals surface area contributed by atoms with Gasteiger partial charge in [0.1, 0.15) is 0 Å². The van der Waals surface area contributed by atoms with E-state index in [1.807, 2.05) is 0 Å². The normalized spacial score (nSPS) is 23.8. The first-order valence-corrected chi connectivity index (χ1v) is 7.36. The van der Waals surface area contributed by atoms with Crippen LogP contribution < -0.4 is 10.6 Å². The Morgan fingerprint density at radius 3 is 2.37 bits per heavy atom. The number of carboxylic acid groups (broad SMARTS) is 1. The zero-order valence-corrected chi connectivity index (χ0v) is 11.4. The van der Waals surface area contributed by atoms with Crippen LogP contribution in [-0.2, 0) is 9.59 Å². The lowest BCUT2D eigenvalue weighted by atomic mass is 9.74. The molecule has 5 nitrogen and oxygen atoms in total. The fourth-order valence-electron chi connectivity index (χ4n) is 3.18. The van der Waals surface area contributed by atoms with Crippen molar-refractivity contribution in [1.29, 1.82) is 0 Å². The van der Waals surface area contributed by atoms with Gasteiger partial charge in [0.25, 0.3) is 0 Å². The second-order valence-electron chi connectivity index (χ2n) is 5.89. The van der Waals surface area contributed by atoms with Crippen molar-refractivity contribution in [1.82, 2.24) is 10.6 Å². The van der Waals surface area contributed by atoms with Crippen LogP contribution in [0.5, 0.6) is 0 Å². The Balaban J connectivity index is 1.87. The van der Waals surface area contributed by atoms with Gasteiger partial charge >= 0.3 is 5.97 Å². The highest BCUT2D eigenvalue weighted by Crippen LogP contribution is 2.36. The van der Waals surface area contributed by atoms with Gasteiger partial charge in [0.15, 0.2) is 0 Å². The van der Waals surface area contributed by atoms with Crippen molar-refractivity contribution in [2.45, 2.75) is 44.9 Å². The Labute approximate surface area is 114 Å². The minimum absolute atomic E-state index is 0.0349. The molecule has 0 aromatic heterocycles. The fraction of sp³-hybridized carbons (Fsp3) is 0.857. The van der Waals surface area contributed by atoms with Gasteiger partial charge in [-0.2, -0.15) is 0 Å². The molecule has 1 aliphatic heterocycles. The van der Waals surface area contributed by atoms with E-state index in [-0.39, 0.29) is 11.8 Å². The van der Waals surface area contributed by atoms with Gasteiger partial charge in [-0.3, -0.25) is 9.59 Å². The molecule has 1 aliphatic carbocycles. The molecule has 0 bridgehead atoms. The summed E-state index contributed by atoms with van der Waals surface area (Å²) in [6.45, 7) is 2.05. The van der Waals surface area contributed by atoms with E-state index in [2.05, 4.69) is 10.6 Å². The number of amides is 1. The molecule has 0 atom stereocenters. The van der Waals surface area contributed by atoms with E-state index >= 15 is 0 Å². The molecule has 1 saturated carbocycles. The average molecular weight is 268 g/mol. The van der Waals surface area contributed by atoms with Gasteiger partial charge in [-0.25, -0.2) is 0 Å². The van der Waals surface area contributed by atoms with E-state index < -0.39 is 11.4 Å². The van der Waals surface area contributed by atoms with E-state index in [9.17, 15) is 14.7 Å². The number of carbonyl (C=O) groups excluding carboxylic acids is 1. The maximum Gasteiger partial charge on any atom is 0.311 e. The lowest BCUT2D eigenvalue weighted by Crippen LogP contribution is -2.47. The Kier molecular flexibility index (Phi) is 4.80. The Morgan fingerprint density at radius 2 is 1.79 bits per heavy atom. The van der Waals surface area contributed by atoms with Gasteiger partial charge in [0.2, 0.25) is 5.91 Å². The van der Waals surface area contributed by atoms with Crippen molar-refractivity contribution in [3.05, 3.63) is 0 Å². The van der Waals surface area contributed by atoms with Crippen LogP contribution in [-0.4, -0.2) is 36.6 Å². The number of nitrogens with one attached hydrogen (secondary N) is 2. The molecule has 2 fully saturated rings. The largest absolute Gasteiger partial charge is 0.481 e. The molecule has 0 spiro atoms. The molecule has 3 N–H and O–H groups in total. The summed E-state index contributed by atoms with van der Waals surface area (Å²) >= 11 is 0. The number of aliphatic carboxylic acids is 1. The monoisotopic (exact) mass is 268 g/mol. The molecular formula is C14H24N2O3. The van der Waals surface area contributed by atoms with Crippen molar-refractivity contribution >= 4 is 11.9 Å². The highest BCUT2D eigenvalue weighted by atomic mass is 16.4. The Hall–Kier alpha value is -1.10. The summed E-state index contributed by atoms with van der Waals surface area (Å²) in [5, 5.41) is 15.6. The van der Waals surface area contributed by atoms with E-state index in [0.29, 0.717) is 19.4 Å². The summed E-state index contributed by atoms with van der Waals surface area (Å²) in [5.74, 6) is -0.666. The third-order valence-corrected chi connectivity index (χ3v) is 4.58. The van der Waals surface area contributed by atoms with Crippen molar-refractivity contribution in [2.75, 3.05) is 19.6 Å². The Morgan fingerprint density at radius 1 is 1.16 bits per heavy atom. The first-order chi connectivity index (χ1) is 9.14. The second-order valence-corrected chi connectivity index (χ2v) is 5.89. The van der Waals surface area contributed by atoms with Crippen molar-refractivity contribution in [3.8, 4) is 0 Å². The first-order valence-electron chi connectivity index (χ1n) is 7.36. The summed E-state index contributed by atoms with van der Waals surface area (Å²) in [4.78, 5) is 23.6. The van der Waals surface area contributed by atoms with Crippen LogP contribution in [0, 0.1) is 11.3 Å². The SMILES string of the molecule is O=C(NCC1(C(=O)O)CCCCC1)C1CCNCC1. The first kappa shape index (κ1) is 14.3. The molecule has 1 heterocycles. The molecule has 2 rings (SSSR count). The summed E-state index contributed by atoms with van der Waals surface area (Å²) in [6, 6.07) is 0. The van der Waals surface area contributed by atoms with Crippen LogP contribution in [0.25, 0.3) is 0 Å². The van der Waals surface area contributed by atoms with Crippen LogP contribution in [0.15, 0.2) is 0 Å². The maximum absolute atomic E-state index is 12.1. The van der Waals surface area contributed by atoms with Gasteiger partial charge < -0.3 is 15.7 Å². The Bertz CT molecular complexity index is 332. The number of carbonyl (C=O) groups is 2. The van der Waals surface area contributed by atoms with Crippen molar-refractivity contribution in [3.63, 3.8) is 0 Å². The predicted octanol–water partition coefficient (Wildman–Crippen LogP) is 1.14. The average Bonchev–Trinajstić information content (AvgIpc) is 2.46. The fourth-order valence-corrected chi connectivity index (χ4v) is 3.18. The molecule has 108 valence electrons. The lowest BCUT2D eigenvalue weighted by molar-refractivity contribution is -0.151. The molecule has 1 amide bonds. The standard InChI is InChI=1S/C14H24N2O3/c17-12(11-4-8-15-9-5-11)16-10-14(13(18)19)6-2-1-3-7-14/h11,15H,1-10H2,(H,16,17)(H,18,19). The molecular weight excluding hydrogens is 244 g/mol. The second kappa shape index (κ2) is 6.37. The molecule has 0 aromatic rings. The molecule has 0 aromatic carbocycles. The minimum Gasteiger partial charge on any atom is -0.481 e. The number of hydrogen-bond donors (Lipinski definition) is 3. The maximum atomic E-state index is 12.1. The summed E-state index contributed by atoms with van der Waals surface area (Å²) < 4.78 is 0. The van der Waals surface area contributed by atoms with E-state index in [4.69, 9.17) is 0 Å². The topological polar surface area (TPSA) is 78.4 Å². The predicted molar refractivity (Wildman–Crippen MR) is 71.8 cm³/mol. The van der Waals surface area contributed by atoms with Gasteiger partial charge in [-0.15, -0.1) is 0 Å². The molecule has 1 saturated heterocycles. The molecule has 0 radical (unpaired) electrons. The van der Waals surface area contributed by atoms with Crippen LogP contribution >= 0.6 is 0 Å². The number of rotatable bonds is 4. The van der Waals surface area contributed by atoms with Crippen LogP contribution in [0.4, 0.5) is 0 Å². The van der Waals surface area contributed by atoms with Gasteiger partial charge in [0, 0.05) is 12.5 Å². The number of hydrogen-bond acceptors (Lipinski definition) is 3. The summed E-state index contributed by atoms with van der Waals surface area (Å²) in [7, 11) is 0. The molecule has 2 aliphatic rings. The molecule has 0 unspecified atom stereocenters. The zero-order chi connectivity index (χ0) is 13.7. The van der Waals surface area contributed by atoms with E-state index in [1.165, 1.54) is 0 Å². The van der Waals surface area contributed by atoms with Crippen LogP contribution in [0.3, 0.4) is 0 Å². The molecule has 19 heavy (non-hydrogen) atoms. The third kappa shape index (κ3) is 3.47.